The molecule has 5 heteroatoms. The van der Waals surface area contributed by atoms with Crippen molar-refractivity contribution in [2.75, 3.05) is 31.1 Å². The van der Waals surface area contributed by atoms with Crippen LogP contribution in [0.1, 0.15) is 34.1 Å². The van der Waals surface area contributed by atoms with Gasteiger partial charge in [-0.1, -0.05) is 20.8 Å². The Hall–Kier alpha value is -1.36. The number of nitrogens with two attached hydrogens (primary N) is 1. The van der Waals surface area contributed by atoms with Crippen LogP contribution in [0.2, 0.25) is 0 Å². The standard InChI is InChI=1S/C14H26N4O/c1-5-7-19-13-8-12(16-11-17-13)18(6-2)10-14(3,4)9-15/h8,11H,5-7,9-10,15H2,1-4H3. The molecule has 0 aliphatic carbocycles. The molecule has 0 saturated heterocycles. The lowest BCUT2D eigenvalue weighted by molar-refractivity contribution is 0.304. The zero-order valence-electron chi connectivity index (χ0n) is 12.5. The Balaban J connectivity index is 2.80. The van der Waals surface area contributed by atoms with E-state index in [1.165, 1.54) is 0 Å². The first-order valence-corrected chi connectivity index (χ1v) is 6.92. The molecule has 1 heterocycles. The van der Waals surface area contributed by atoms with Crippen molar-refractivity contribution in [3.05, 3.63) is 12.4 Å². The predicted octanol–water partition coefficient (Wildman–Crippen LogP) is 2.08. The highest BCUT2D eigenvalue weighted by Crippen LogP contribution is 2.21. The maximum atomic E-state index is 5.80. The molecule has 19 heavy (non-hydrogen) atoms. The van der Waals surface area contributed by atoms with Crippen LogP contribution in [0.25, 0.3) is 0 Å². The van der Waals surface area contributed by atoms with Gasteiger partial charge in [0.2, 0.25) is 5.88 Å². The minimum Gasteiger partial charge on any atom is -0.478 e. The highest BCUT2D eigenvalue weighted by atomic mass is 16.5. The Bertz CT molecular complexity index is 381. The van der Waals surface area contributed by atoms with Gasteiger partial charge in [0.1, 0.15) is 12.1 Å². The van der Waals surface area contributed by atoms with E-state index in [9.17, 15) is 0 Å². The summed E-state index contributed by atoms with van der Waals surface area (Å²) in [7, 11) is 0. The molecule has 0 radical (unpaired) electrons. The molecule has 0 amide bonds. The lowest BCUT2D eigenvalue weighted by Crippen LogP contribution is -2.39. The first-order valence-electron chi connectivity index (χ1n) is 6.92. The van der Waals surface area contributed by atoms with Crippen LogP contribution < -0.4 is 15.4 Å². The van der Waals surface area contributed by atoms with Crippen molar-refractivity contribution in [2.45, 2.75) is 34.1 Å². The van der Waals surface area contributed by atoms with E-state index in [0.717, 1.165) is 25.3 Å². The topological polar surface area (TPSA) is 64.3 Å². The van der Waals surface area contributed by atoms with E-state index in [-0.39, 0.29) is 5.41 Å². The molecule has 1 rings (SSSR count). The van der Waals surface area contributed by atoms with Gasteiger partial charge in [0, 0.05) is 19.2 Å². The van der Waals surface area contributed by atoms with Gasteiger partial charge in [-0.05, 0) is 25.3 Å². The third kappa shape index (κ3) is 5.03. The van der Waals surface area contributed by atoms with Crippen molar-refractivity contribution in [2.24, 2.45) is 11.1 Å². The van der Waals surface area contributed by atoms with Crippen LogP contribution in [-0.2, 0) is 0 Å². The summed E-state index contributed by atoms with van der Waals surface area (Å²) in [6, 6.07) is 1.89. The number of aromatic nitrogens is 2. The van der Waals surface area contributed by atoms with E-state index in [0.29, 0.717) is 19.0 Å². The molecule has 1 aromatic rings. The Morgan fingerprint density at radius 2 is 2.05 bits per heavy atom. The first-order chi connectivity index (χ1) is 9.02. The minimum atomic E-state index is 0.0609. The third-order valence-corrected chi connectivity index (χ3v) is 2.96. The van der Waals surface area contributed by atoms with Crippen molar-refractivity contribution >= 4 is 5.82 Å². The van der Waals surface area contributed by atoms with Gasteiger partial charge in [0.15, 0.2) is 0 Å². The van der Waals surface area contributed by atoms with E-state index < -0.39 is 0 Å². The fourth-order valence-corrected chi connectivity index (χ4v) is 1.72. The summed E-state index contributed by atoms with van der Waals surface area (Å²) in [4.78, 5) is 10.7. The smallest absolute Gasteiger partial charge is 0.218 e. The molecule has 0 aromatic carbocycles. The lowest BCUT2D eigenvalue weighted by atomic mass is 9.93. The Morgan fingerprint density at radius 3 is 2.63 bits per heavy atom. The van der Waals surface area contributed by atoms with Crippen LogP contribution in [0, 0.1) is 5.41 Å². The summed E-state index contributed by atoms with van der Waals surface area (Å²) < 4.78 is 5.54. The summed E-state index contributed by atoms with van der Waals surface area (Å²) in [5.41, 5.74) is 5.86. The molecule has 5 nitrogen and oxygen atoms in total. The number of hydrogen-bond donors (Lipinski definition) is 1. The quantitative estimate of drug-likeness (QED) is 0.780. The highest BCUT2D eigenvalue weighted by molar-refractivity contribution is 5.40. The highest BCUT2D eigenvalue weighted by Gasteiger charge is 2.20. The number of anilines is 1. The summed E-state index contributed by atoms with van der Waals surface area (Å²) in [6.45, 7) is 11.6. The van der Waals surface area contributed by atoms with Crippen molar-refractivity contribution in [1.29, 1.82) is 0 Å². The second kappa shape index (κ2) is 7.28. The molecule has 2 N–H and O–H groups in total. The van der Waals surface area contributed by atoms with Crippen LogP contribution in [0.3, 0.4) is 0 Å². The molecule has 108 valence electrons. The van der Waals surface area contributed by atoms with Crippen LogP contribution in [0.15, 0.2) is 12.4 Å². The Kier molecular flexibility index (Phi) is 6.02. The molecule has 0 aliphatic heterocycles. The van der Waals surface area contributed by atoms with Crippen LogP contribution in [0.4, 0.5) is 5.82 Å². The summed E-state index contributed by atoms with van der Waals surface area (Å²) in [6.07, 6.45) is 2.52. The molecule has 0 bridgehead atoms. The van der Waals surface area contributed by atoms with E-state index in [1.54, 1.807) is 6.33 Å². The third-order valence-electron chi connectivity index (χ3n) is 2.96. The maximum Gasteiger partial charge on any atom is 0.218 e. The molecule has 0 unspecified atom stereocenters. The Morgan fingerprint density at radius 1 is 1.32 bits per heavy atom. The predicted molar refractivity (Wildman–Crippen MR) is 78.5 cm³/mol. The number of nitrogens with zero attached hydrogens (tertiary/aromatic N) is 3. The van der Waals surface area contributed by atoms with Gasteiger partial charge >= 0.3 is 0 Å². The summed E-state index contributed by atoms with van der Waals surface area (Å²) >= 11 is 0. The minimum absolute atomic E-state index is 0.0609. The summed E-state index contributed by atoms with van der Waals surface area (Å²) in [5.74, 6) is 1.53. The van der Waals surface area contributed by atoms with Gasteiger partial charge in [-0.2, -0.15) is 0 Å². The average Bonchev–Trinajstić information content (AvgIpc) is 2.43. The average molecular weight is 266 g/mol. The fraction of sp³-hybridized carbons (Fsp3) is 0.714. The van der Waals surface area contributed by atoms with Gasteiger partial charge in [0.25, 0.3) is 0 Å². The second-order valence-corrected chi connectivity index (χ2v) is 5.45. The normalized spacial score (nSPS) is 11.4. The molecule has 0 saturated carbocycles. The molecular weight excluding hydrogens is 240 g/mol. The van der Waals surface area contributed by atoms with Gasteiger partial charge in [-0.3, -0.25) is 0 Å². The maximum absolute atomic E-state index is 5.80. The van der Waals surface area contributed by atoms with Crippen molar-refractivity contribution in [1.82, 2.24) is 9.97 Å². The van der Waals surface area contributed by atoms with Crippen molar-refractivity contribution in [3.8, 4) is 5.88 Å². The van der Waals surface area contributed by atoms with E-state index in [4.69, 9.17) is 10.5 Å². The molecule has 0 spiro atoms. The second-order valence-electron chi connectivity index (χ2n) is 5.45. The van der Waals surface area contributed by atoms with Crippen molar-refractivity contribution in [3.63, 3.8) is 0 Å². The van der Waals surface area contributed by atoms with Gasteiger partial charge in [0.05, 0.1) is 6.61 Å². The largest absolute Gasteiger partial charge is 0.478 e. The molecule has 0 fully saturated rings. The van der Waals surface area contributed by atoms with Gasteiger partial charge in [-0.15, -0.1) is 0 Å². The monoisotopic (exact) mass is 266 g/mol. The zero-order valence-corrected chi connectivity index (χ0v) is 12.5. The number of hydrogen-bond acceptors (Lipinski definition) is 5. The number of ether oxygens (including phenoxy) is 1. The molecular formula is C14H26N4O. The van der Waals surface area contributed by atoms with Crippen molar-refractivity contribution < 1.29 is 4.74 Å². The molecule has 0 atom stereocenters. The lowest BCUT2D eigenvalue weighted by Gasteiger charge is -2.31. The van der Waals surface area contributed by atoms with E-state index in [2.05, 4.69) is 42.6 Å². The SMILES string of the molecule is CCCOc1cc(N(CC)CC(C)(C)CN)ncn1. The molecule has 0 aliphatic rings. The zero-order chi connectivity index (χ0) is 14.3. The fourth-order valence-electron chi connectivity index (χ4n) is 1.72. The number of rotatable bonds is 8. The summed E-state index contributed by atoms with van der Waals surface area (Å²) in [5, 5.41) is 0. The van der Waals surface area contributed by atoms with Gasteiger partial charge in [-0.25, -0.2) is 9.97 Å². The van der Waals surface area contributed by atoms with E-state index in [1.807, 2.05) is 6.07 Å². The van der Waals surface area contributed by atoms with Crippen LogP contribution >= 0.6 is 0 Å². The Labute approximate surface area is 116 Å². The molecule has 1 aromatic heterocycles. The first kappa shape index (κ1) is 15.7. The van der Waals surface area contributed by atoms with Crippen LogP contribution in [-0.4, -0.2) is 36.2 Å². The van der Waals surface area contributed by atoms with E-state index >= 15 is 0 Å². The van der Waals surface area contributed by atoms with Gasteiger partial charge < -0.3 is 15.4 Å². The van der Waals surface area contributed by atoms with Crippen LogP contribution in [0.5, 0.6) is 5.88 Å².